The lowest BCUT2D eigenvalue weighted by Gasteiger charge is -2.32. The van der Waals surface area contributed by atoms with E-state index in [0.717, 1.165) is 25.0 Å². The fourth-order valence-electron chi connectivity index (χ4n) is 3.88. The second kappa shape index (κ2) is 8.68. The maximum atomic E-state index is 13.2. The first-order valence-electron chi connectivity index (χ1n) is 9.58. The van der Waals surface area contributed by atoms with E-state index in [2.05, 4.69) is 0 Å². The van der Waals surface area contributed by atoms with Crippen molar-refractivity contribution in [2.75, 3.05) is 0 Å². The third-order valence-electron chi connectivity index (χ3n) is 5.29. The summed E-state index contributed by atoms with van der Waals surface area (Å²) in [5.74, 6) is -1.20. The first-order chi connectivity index (χ1) is 13.8. The van der Waals surface area contributed by atoms with Crippen molar-refractivity contribution in [3.05, 3.63) is 71.3 Å². The molecule has 0 aromatic heterocycles. The lowest BCUT2D eigenvalue weighted by molar-refractivity contribution is -0.143. The number of nitrogens with zero attached hydrogens (tertiary/aromatic N) is 1. The molecule has 0 saturated heterocycles. The van der Waals surface area contributed by atoms with Crippen LogP contribution in [0.5, 0.6) is 0 Å². The predicted molar refractivity (Wildman–Crippen MR) is 102 cm³/mol. The standard InChI is InChI=1S/C22H23F3N2O2/c23-22(24,25)18-12-6-7-15(13-18)14-27(21(29)17-10-4-5-11-17)19(20(26)28)16-8-2-1-3-9-16/h1-3,6-9,12-13,17,19H,4-5,10-11,14H2,(H2,26,28)/t19-/m1/s1. The van der Waals surface area contributed by atoms with Crippen LogP contribution >= 0.6 is 0 Å². The fourth-order valence-corrected chi connectivity index (χ4v) is 3.88. The van der Waals surface area contributed by atoms with E-state index in [-0.39, 0.29) is 18.4 Å². The molecule has 2 aromatic rings. The van der Waals surface area contributed by atoms with Gasteiger partial charge in [0, 0.05) is 12.5 Å². The molecule has 2 N–H and O–H groups in total. The summed E-state index contributed by atoms with van der Waals surface area (Å²) in [4.78, 5) is 26.9. The number of alkyl halides is 3. The van der Waals surface area contributed by atoms with Crippen molar-refractivity contribution in [3.63, 3.8) is 0 Å². The maximum Gasteiger partial charge on any atom is 0.416 e. The van der Waals surface area contributed by atoms with E-state index >= 15 is 0 Å². The lowest BCUT2D eigenvalue weighted by atomic mass is 9.99. The number of halogens is 3. The molecule has 4 nitrogen and oxygen atoms in total. The zero-order valence-electron chi connectivity index (χ0n) is 15.9. The lowest BCUT2D eigenvalue weighted by Crippen LogP contribution is -2.43. The second-order valence-corrected chi connectivity index (χ2v) is 7.36. The Hall–Kier alpha value is -2.83. The maximum absolute atomic E-state index is 13.2. The van der Waals surface area contributed by atoms with E-state index in [1.165, 1.54) is 17.0 Å². The molecule has 0 unspecified atom stereocenters. The van der Waals surface area contributed by atoms with Crippen molar-refractivity contribution in [3.8, 4) is 0 Å². The average molecular weight is 404 g/mol. The molecule has 1 aliphatic carbocycles. The van der Waals surface area contributed by atoms with Crippen molar-refractivity contribution in [1.82, 2.24) is 4.90 Å². The molecule has 0 radical (unpaired) electrons. The molecule has 1 fully saturated rings. The minimum atomic E-state index is -4.49. The molecule has 7 heteroatoms. The van der Waals surface area contributed by atoms with Crippen LogP contribution in [-0.4, -0.2) is 16.7 Å². The molecule has 0 heterocycles. The Balaban J connectivity index is 1.99. The Labute approximate surface area is 167 Å². The Morgan fingerprint density at radius 2 is 1.69 bits per heavy atom. The molecule has 0 bridgehead atoms. The van der Waals surface area contributed by atoms with Gasteiger partial charge in [-0.2, -0.15) is 13.2 Å². The number of carbonyl (C=O) groups is 2. The molecule has 1 atom stereocenters. The minimum Gasteiger partial charge on any atom is -0.368 e. The third-order valence-corrected chi connectivity index (χ3v) is 5.29. The van der Waals surface area contributed by atoms with E-state index in [1.54, 1.807) is 30.3 Å². The highest BCUT2D eigenvalue weighted by Crippen LogP contribution is 2.33. The van der Waals surface area contributed by atoms with Crippen LogP contribution in [0.3, 0.4) is 0 Å². The SMILES string of the molecule is NC(=O)[C@@H](c1ccccc1)N(Cc1cccc(C(F)(F)F)c1)C(=O)C1CCCC1. The monoisotopic (exact) mass is 404 g/mol. The molecule has 154 valence electrons. The van der Waals surface area contributed by atoms with Gasteiger partial charge in [-0.3, -0.25) is 9.59 Å². The topological polar surface area (TPSA) is 63.4 Å². The van der Waals surface area contributed by atoms with Crippen molar-refractivity contribution >= 4 is 11.8 Å². The van der Waals surface area contributed by atoms with Gasteiger partial charge in [-0.15, -0.1) is 0 Å². The molecule has 0 spiro atoms. The van der Waals surface area contributed by atoms with E-state index in [0.29, 0.717) is 24.0 Å². The molecule has 2 amide bonds. The average Bonchev–Trinajstić information content (AvgIpc) is 3.22. The zero-order valence-corrected chi connectivity index (χ0v) is 15.9. The first kappa shape index (κ1) is 20.9. The summed E-state index contributed by atoms with van der Waals surface area (Å²) in [6.07, 6.45) is -1.24. The van der Waals surface area contributed by atoms with Gasteiger partial charge in [0.1, 0.15) is 6.04 Å². The summed E-state index contributed by atoms with van der Waals surface area (Å²) in [6, 6.07) is 12.4. The molecule has 29 heavy (non-hydrogen) atoms. The number of benzene rings is 2. The van der Waals surface area contributed by atoms with Gasteiger partial charge in [-0.05, 0) is 36.1 Å². The van der Waals surface area contributed by atoms with Gasteiger partial charge in [-0.25, -0.2) is 0 Å². The number of nitrogens with two attached hydrogens (primary N) is 1. The molecule has 0 aliphatic heterocycles. The van der Waals surface area contributed by atoms with Crippen LogP contribution in [0.15, 0.2) is 54.6 Å². The zero-order chi connectivity index (χ0) is 21.0. The number of hydrogen-bond acceptors (Lipinski definition) is 2. The van der Waals surface area contributed by atoms with Crippen LogP contribution in [0, 0.1) is 5.92 Å². The predicted octanol–water partition coefficient (Wildman–Crippen LogP) is 4.45. The molecular weight excluding hydrogens is 381 g/mol. The third kappa shape index (κ3) is 4.96. The van der Waals surface area contributed by atoms with Crippen LogP contribution in [0.25, 0.3) is 0 Å². The molecular formula is C22H23F3N2O2. The molecule has 1 aliphatic rings. The summed E-state index contributed by atoms with van der Waals surface area (Å²) in [6.45, 7) is -0.123. The van der Waals surface area contributed by atoms with Gasteiger partial charge in [0.25, 0.3) is 0 Å². The van der Waals surface area contributed by atoms with Gasteiger partial charge in [0.15, 0.2) is 0 Å². The van der Waals surface area contributed by atoms with Crippen molar-refractivity contribution in [1.29, 1.82) is 0 Å². The number of hydrogen-bond donors (Lipinski definition) is 1. The summed E-state index contributed by atoms with van der Waals surface area (Å²) >= 11 is 0. The fraction of sp³-hybridized carbons (Fsp3) is 0.364. The summed E-state index contributed by atoms with van der Waals surface area (Å²) < 4.78 is 39.3. The molecule has 3 rings (SSSR count). The highest BCUT2D eigenvalue weighted by Gasteiger charge is 2.36. The summed E-state index contributed by atoms with van der Waals surface area (Å²) in [7, 11) is 0. The van der Waals surface area contributed by atoms with Crippen LogP contribution in [0.4, 0.5) is 13.2 Å². The van der Waals surface area contributed by atoms with Crippen LogP contribution in [-0.2, 0) is 22.3 Å². The number of primary amides is 1. The first-order valence-corrected chi connectivity index (χ1v) is 9.58. The Morgan fingerprint density at radius 3 is 2.28 bits per heavy atom. The van der Waals surface area contributed by atoms with Gasteiger partial charge >= 0.3 is 6.18 Å². The van der Waals surface area contributed by atoms with E-state index in [9.17, 15) is 22.8 Å². The quantitative estimate of drug-likeness (QED) is 0.773. The summed E-state index contributed by atoms with van der Waals surface area (Å²) in [5.41, 5.74) is 5.69. The Morgan fingerprint density at radius 1 is 1.03 bits per heavy atom. The van der Waals surface area contributed by atoms with Crippen LogP contribution in [0.1, 0.15) is 48.4 Å². The van der Waals surface area contributed by atoms with E-state index in [1.807, 2.05) is 0 Å². The van der Waals surface area contributed by atoms with Gasteiger partial charge in [0.05, 0.1) is 5.56 Å². The van der Waals surface area contributed by atoms with Gasteiger partial charge in [0.2, 0.25) is 11.8 Å². The summed E-state index contributed by atoms with van der Waals surface area (Å²) in [5, 5.41) is 0. The highest BCUT2D eigenvalue weighted by atomic mass is 19.4. The second-order valence-electron chi connectivity index (χ2n) is 7.36. The number of carbonyl (C=O) groups excluding carboxylic acids is 2. The minimum absolute atomic E-state index is 0.123. The smallest absolute Gasteiger partial charge is 0.368 e. The largest absolute Gasteiger partial charge is 0.416 e. The van der Waals surface area contributed by atoms with Crippen LogP contribution < -0.4 is 5.73 Å². The Bertz CT molecular complexity index is 862. The number of rotatable bonds is 6. The van der Waals surface area contributed by atoms with Gasteiger partial charge in [-0.1, -0.05) is 55.3 Å². The van der Waals surface area contributed by atoms with Crippen molar-refractivity contribution < 1.29 is 22.8 Å². The van der Waals surface area contributed by atoms with Crippen molar-refractivity contribution in [2.45, 2.75) is 44.4 Å². The van der Waals surface area contributed by atoms with E-state index < -0.39 is 23.7 Å². The van der Waals surface area contributed by atoms with E-state index in [4.69, 9.17) is 5.73 Å². The number of amides is 2. The highest BCUT2D eigenvalue weighted by molar-refractivity contribution is 5.88. The normalized spacial score (nSPS) is 15.8. The van der Waals surface area contributed by atoms with Gasteiger partial charge < -0.3 is 10.6 Å². The van der Waals surface area contributed by atoms with Crippen LogP contribution in [0.2, 0.25) is 0 Å². The molecule has 1 saturated carbocycles. The van der Waals surface area contributed by atoms with Crippen molar-refractivity contribution in [2.24, 2.45) is 11.7 Å². The Kier molecular flexibility index (Phi) is 6.25. The molecule has 2 aromatic carbocycles.